The summed E-state index contributed by atoms with van der Waals surface area (Å²) in [6, 6.07) is 0.0494. The van der Waals surface area contributed by atoms with Gasteiger partial charge in [-0.1, -0.05) is 11.8 Å². The Morgan fingerprint density at radius 3 is 2.88 bits per heavy atom. The molecule has 0 aromatic heterocycles. The van der Waals surface area contributed by atoms with Gasteiger partial charge in [-0.3, -0.25) is 4.99 Å². The highest BCUT2D eigenvalue weighted by molar-refractivity contribution is 8.14. The third-order valence-corrected chi connectivity index (χ3v) is 4.82. The number of aliphatic hydroxyl groups excluding tert-OH is 2. The molecule has 0 unspecified atom stereocenters. The number of rotatable bonds is 1. The molecule has 0 aromatic carbocycles. The molecule has 4 atom stereocenters. The van der Waals surface area contributed by atoms with Gasteiger partial charge in [-0.05, 0) is 12.8 Å². The van der Waals surface area contributed by atoms with Crippen molar-refractivity contribution in [3.8, 4) is 0 Å². The van der Waals surface area contributed by atoms with Crippen molar-refractivity contribution in [2.75, 3.05) is 19.7 Å². The lowest BCUT2D eigenvalue weighted by atomic mass is 10.0. The van der Waals surface area contributed by atoms with E-state index in [1.807, 2.05) is 0 Å². The highest BCUT2D eigenvalue weighted by atomic mass is 32.2. The van der Waals surface area contributed by atoms with Crippen LogP contribution in [0.1, 0.15) is 19.3 Å². The average molecular weight is 258 g/mol. The molecule has 0 bridgehead atoms. The predicted octanol–water partition coefficient (Wildman–Crippen LogP) is 0.0218. The molecule has 2 fully saturated rings. The fourth-order valence-corrected chi connectivity index (χ4v) is 3.85. The van der Waals surface area contributed by atoms with Crippen LogP contribution >= 0.6 is 11.8 Å². The first-order valence-corrected chi connectivity index (χ1v) is 7.09. The second-order valence-electron chi connectivity index (χ2n) is 4.82. The Hall–Kier alpha value is -0.300. The van der Waals surface area contributed by atoms with Gasteiger partial charge >= 0.3 is 0 Å². The van der Waals surface area contributed by atoms with Crippen molar-refractivity contribution in [2.45, 2.75) is 42.9 Å². The molecule has 0 radical (unpaired) electrons. The standard InChI is InChI=1S/C11H18N2O3S/c14-6-9-8(15)5-7-10(16-9)17-11(12-7)13-3-1-2-4-13/h7-10,14-15H,1-6H2/t7-,8+,9-,10-/m1/s1. The van der Waals surface area contributed by atoms with E-state index in [0.717, 1.165) is 18.3 Å². The topological polar surface area (TPSA) is 65.3 Å². The number of thioether (sulfide) groups is 1. The van der Waals surface area contributed by atoms with Crippen LogP contribution in [-0.4, -0.2) is 63.7 Å². The maximum Gasteiger partial charge on any atom is 0.162 e. The number of amidine groups is 1. The van der Waals surface area contributed by atoms with E-state index in [2.05, 4.69) is 9.89 Å². The Kier molecular flexibility index (Phi) is 3.30. The van der Waals surface area contributed by atoms with Crippen LogP contribution in [0, 0.1) is 0 Å². The predicted molar refractivity (Wildman–Crippen MR) is 66.0 cm³/mol. The Balaban J connectivity index is 1.67. The first-order valence-electron chi connectivity index (χ1n) is 6.21. The molecule has 96 valence electrons. The number of hydrogen-bond acceptors (Lipinski definition) is 6. The normalized spacial score (nSPS) is 41.5. The molecule has 2 saturated heterocycles. The van der Waals surface area contributed by atoms with E-state index in [1.165, 1.54) is 12.8 Å². The fraction of sp³-hybridized carbons (Fsp3) is 0.909. The van der Waals surface area contributed by atoms with Crippen LogP contribution in [-0.2, 0) is 4.74 Å². The van der Waals surface area contributed by atoms with Crippen molar-refractivity contribution in [3.63, 3.8) is 0 Å². The van der Waals surface area contributed by atoms with Crippen molar-refractivity contribution in [1.29, 1.82) is 0 Å². The summed E-state index contributed by atoms with van der Waals surface area (Å²) in [5.41, 5.74) is -0.0221. The molecule has 5 nitrogen and oxygen atoms in total. The minimum Gasteiger partial charge on any atom is -0.394 e. The number of ether oxygens (including phenoxy) is 1. The van der Waals surface area contributed by atoms with Gasteiger partial charge < -0.3 is 19.8 Å². The zero-order chi connectivity index (χ0) is 11.8. The molecule has 0 saturated carbocycles. The van der Waals surface area contributed by atoms with E-state index in [9.17, 15) is 5.11 Å². The minimum atomic E-state index is -0.594. The number of aliphatic imine (C=N–C) groups is 1. The average Bonchev–Trinajstić information content (AvgIpc) is 2.95. The van der Waals surface area contributed by atoms with Gasteiger partial charge in [0.25, 0.3) is 0 Å². The first kappa shape index (κ1) is 11.8. The summed E-state index contributed by atoms with van der Waals surface area (Å²) < 4.78 is 5.68. The number of nitrogens with zero attached hydrogens (tertiary/aromatic N) is 2. The van der Waals surface area contributed by atoms with E-state index in [0.29, 0.717) is 6.42 Å². The molecule has 0 spiro atoms. The van der Waals surface area contributed by atoms with Gasteiger partial charge in [0.1, 0.15) is 11.5 Å². The molecular formula is C11H18N2O3S. The zero-order valence-electron chi connectivity index (χ0n) is 9.66. The van der Waals surface area contributed by atoms with Gasteiger partial charge in [0, 0.05) is 19.5 Å². The van der Waals surface area contributed by atoms with Crippen LogP contribution in [0.5, 0.6) is 0 Å². The molecular weight excluding hydrogens is 240 g/mol. The highest BCUT2D eigenvalue weighted by Crippen LogP contribution is 2.37. The van der Waals surface area contributed by atoms with Crippen molar-refractivity contribution in [1.82, 2.24) is 4.90 Å². The largest absolute Gasteiger partial charge is 0.394 e. The van der Waals surface area contributed by atoms with Gasteiger partial charge in [-0.25, -0.2) is 0 Å². The van der Waals surface area contributed by atoms with Crippen LogP contribution < -0.4 is 0 Å². The van der Waals surface area contributed by atoms with Crippen LogP contribution in [0.25, 0.3) is 0 Å². The first-order chi connectivity index (χ1) is 8.28. The molecule has 17 heavy (non-hydrogen) atoms. The molecule has 0 aliphatic carbocycles. The number of aliphatic hydroxyl groups is 2. The van der Waals surface area contributed by atoms with Gasteiger partial charge in [-0.15, -0.1) is 0 Å². The smallest absolute Gasteiger partial charge is 0.162 e. The summed E-state index contributed by atoms with van der Waals surface area (Å²) in [5.74, 6) is 0. The fourth-order valence-electron chi connectivity index (χ4n) is 2.59. The lowest BCUT2D eigenvalue weighted by Crippen LogP contribution is -2.45. The van der Waals surface area contributed by atoms with Crippen LogP contribution in [0.15, 0.2) is 4.99 Å². The molecule has 3 heterocycles. The number of hydrogen-bond donors (Lipinski definition) is 2. The molecule has 0 aromatic rings. The van der Waals surface area contributed by atoms with Crippen molar-refractivity contribution < 1.29 is 14.9 Å². The van der Waals surface area contributed by atoms with E-state index < -0.39 is 12.2 Å². The van der Waals surface area contributed by atoms with Crippen LogP contribution in [0.2, 0.25) is 0 Å². The second kappa shape index (κ2) is 4.76. The zero-order valence-corrected chi connectivity index (χ0v) is 10.5. The van der Waals surface area contributed by atoms with E-state index in [4.69, 9.17) is 9.84 Å². The monoisotopic (exact) mass is 258 g/mol. The number of likely N-dealkylation sites (tertiary alicyclic amines) is 1. The van der Waals surface area contributed by atoms with E-state index >= 15 is 0 Å². The van der Waals surface area contributed by atoms with Gasteiger partial charge in [0.05, 0.1) is 18.8 Å². The summed E-state index contributed by atoms with van der Waals surface area (Å²) in [5, 5.41) is 20.0. The van der Waals surface area contributed by atoms with Gasteiger partial charge in [0.2, 0.25) is 0 Å². The third kappa shape index (κ3) is 2.19. The van der Waals surface area contributed by atoms with Crippen molar-refractivity contribution in [2.24, 2.45) is 4.99 Å². The molecule has 6 heteroatoms. The molecule has 0 amide bonds. The maximum absolute atomic E-state index is 9.79. The Bertz CT molecular complexity index is 320. The highest BCUT2D eigenvalue weighted by Gasteiger charge is 2.42. The van der Waals surface area contributed by atoms with Crippen molar-refractivity contribution >= 4 is 16.9 Å². The lowest BCUT2D eigenvalue weighted by Gasteiger charge is -2.33. The molecule has 3 aliphatic heterocycles. The summed E-state index contributed by atoms with van der Waals surface area (Å²) in [6.07, 6.45) is 2.02. The summed E-state index contributed by atoms with van der Waals surface area (Å²) >= 11 is 1.64. The van der Waals surface area contributed by atoms with Gasteiger partial charge in [-0.2, -0.15) is 0 Å². The Morgan fingerprint density at radius 2 is 2.18 bits per heavy atom. The molecule has 2 N–H and O–H groups in total. The third-order valence-electron chi connectivity index (χ3n) is 3.59. The van der Waals surface area contributed by atoms with E-state index in [1.54, 1.807) is 11.8 Å². The van der Waals surface area contributed by atoms with Crippen molar-refractivity contribution in [3.05, 3.63) is 0 Å². The van der Waals surface area contributed by atoms with Gasteiger partial charge in [0.15, 0.2) is 5.17 Å². The van der Waals surface area contributed by atoms with E-state index in [-0.39, 0.29) is 18.1 Å². The maximum atomic E-state index is 9.79. The van der Waals surface area contributed by atoms with Crippen LogP contribution in [0.4, 0.5) is 0 Å². The van der Waals surface area contributed by atoms with Crippen LogP contribution in [0.3, 0.4) is 0 Å². The molecule has 3 rings (SSSR count). The second-order valence-corrected chi connectivity index (χ2v) is 5.89. The minimum absolute atomic E-state index is 0.0221. The SMILES string of the molecule is OC[C@H]1O[C@@H]2SC(N3CCCC3)=N[C@@H]2C[C@@H]1O. The number of fused-ring (bicyclic) bond motifs is 1. The summed E-state index contributed by atoms with van der Waals surface area (Å²) in [4.78, 5) is 6.95. The summed E-state index contributed by atoms with van der Waals surface area (Å²) in [6.45, 7) is 2.04. The quantitative estimate of drug-likeness (QED) is 0.694. The Morgan fingerprint density at radius 1 is 1.41 bits per heavy atom. The summed E-state index contributed by atoms with van der Waals surface area (Å²) in [7, 11) is 0. The molecule has 3 aliphatic rings. The lowest BCUT2D eigenvalue weighted by molar-refractivity contribution is -0.111. The Labute approximate surface area is 105 Å².